The maximum atomic E-state index is 11.0. The van der Waals surface area contributed by atoms with Crippen molar-refractivity contribution in [3.05, 3.63) is 41.5 Å². The number of anilines is 2. The van der Waals surface area contributed by atoms with Crippen LogP contribution >= 0.6 is 11.3 Å². The van der Waals surface area contributed by atoms with Gasteiger partial charge < -0.3 is 19.3 Å². The number of thiazole rings is 1. The zero-order valence-corrected chi connectivity index (χ0v) is 16.3. The third-order valence-corrected chi connectivity index (χ3v) is 6.23. The summed E-state index contributed by atoms with van der Waals surface area (Å²) in [6.07, 6.45) is 0.869. The van der Waals surface area contributed by atoms with Gasteiger partial charge in [-0.1, -0.05) is 18.2 Å². The molecule has 0 bridgehead atoms. The Morgan fingerprint density at radius 1 is 0.929 bits per heavy atom. The van der Waals surface area contributed by atoms with Gasteiger partial charge in [-0.05, 0) is 12.1 Å². The zero-order chi connectivity index (χ0) is 18.9. The number of amides is 1. The number of piperazine rings is 1. The monoisotopic (exact) mass is 395 g/mol. The van der Waals surface area contributed by atoms with Crippen LogP contribution in [0.3, 0.4) is 0 Å². The second-order valence-corrected chi connectivity index (χ2v) is 7.83. The fraction of sp³-hybridized carbons (Fsp3) is 0.368. The van der Waals surface area contributed by atoms with Gasteiger partial charge in [0.1, 0.15) is 5.69 Å². The molecule has 9 heteroatoms. The summed E-state index contributed by atoms with van der Waals surface area (Å²) in [5, 5.41) is 11.7. The van der Waals surface area contributed by atoms with Crippen molar-refractivity contribution in [3.8, 4) is 11.5 Å². The van der Waals surface area contributed by atoms with Gasteiger partial charge in [-0.15, -0.1) is 21.5 Å². The predicted molar refractivity (Wildman–Crippen MR) is 108 cm³/mol. The van der Waals surface area contributed by atoms with E-state index in [1.54, 1.807) is 16.2 Å². The zero-order valence-electron chi connectivity index (χ0n) is 15.4. The van der Waals surface area contributed by atoms with Crippen molar-refractivity contribution >= 4 is 28.6 Å². The van der Waals surface area contributed by atoms with E-state index in [1.165, 1.54) is 5.69 Å². The van der Waals surface area contributed by atoms with Crippen molar-refractivity contribution in [3.63, 3.8) is 0 Å². The van der Waals surface area contributed by atoms with Crippen molar-refractivity contribution in [2.45, 2.75) is 13.1 Å². The molecule has 0 atom stereocenters. The van der Waals surface area contributed by atoms with Crippen molar-refractivity contribution in [1.29, 1.82) is 0 Å². The number of hydrogen-bond donors (Lipinski definition) is 0. The fourth-order valence-corrected chi connectivity index (χ4v) is 4.62. The molecule has 4 heterocycles. The lowest BCUT2D eigenvalue weighted by molar-refractivity contribution is -0.119. The van der Waals surface area contributed by atoms with E-state index in [-0.39, 0.29) is 0 Å². The summed E-state index contributed by atoms with van der Waals surface area (Å²) in [5.74, 6) is 1.62. The first kappa shape index (κ1) is 17.2. The minimum Gasteiger partial charge on any atom is -0.368 e. The van der Waals surface area contributed by atoms with E-state index in [9.17, 15) is 4.79 Å². The van der Waals surface area contributed by atoms with Crippen LogP contribution in [-0.4, -0.2) is 63.8 Å². The smallest absolute Gasteiger partial charge is 0.210 e. The second kappa shape index (κ2) is 7.23. The van der Waals surface area contributed by atoms with Crippen LogP contribution in [0.4, 0.5) is 10.8 Å². The number of carbonyl (C=O) groups is 1. The molecule has 0 spiro atoms. The molecule has 1 aromatic carbocycles. The van der Waals surface area contributed by atoms with Crippen LogP contribution in [-0.2, 0) is 17.9 Å². The summed E-state index contributed by atoms with van der Waals surface area (Å²) >= 11 is 1.66. The van der Waals surface area contributed by atoms with Crippen molar-refractivity contribution in [2.24, 2.45) is 0 Å². The molecule has 0 radical (unpaired) electrons. The minimum absolute atomic E-state index is 0.509. The average molecular weight is 395 g/mol. The largest absolute Gasteiger partial charge is 0.368 e. The lowest BCUT2D eigenvalue weighted by Gasteiger charge is -2.36. The number of hydrogen-bond acceptors (Lipinski definition) is 7. The summed E-state index contributed by atoms with van der Waals surface area (Å²) in [7, 11) is 0. The van der Waals surface area contributed by atoms with E-state index in [1.807, 2.05) is 0 Å². The Morgan fingerprint density at radius 2 is 1.71 bits per heavy atom. The maximum Gasteiger partial charge on any atom is 0.210 e. The van der Waals surface area contributed by atoms with Gasteiger partial charge in [0.05, 0.1) is 6.54 Å². The van der Waals surface area contributed by atoms with Gasteiger partial charge in [-0.3, -0.25) is 4.79 Å². The molecular weight excluding hydrogens is 374 g/mol. The molecule has 1 saturated heterocycles. The Morgan fingerprint density at radius 3 is 2.50 bits per heavy atom. The first-order valence-corrected chi connectivity index (χ1v) is 10.3. The Bertz CT molecular complexity index is 962. The molecule has 1 fully saturated rings. The number of rotatable bonds is 4. The van der Waals surface area contributed by atoms with Gasteiger partial charge in [-0.2, -0.15) is 0 Å². The summed E-state index contributed by atoms with van der Waals surface area (Å²) < 4.78 is 2.08. The first-order chi connectivity index (χ1) is 13.8. The normalized spacial score (nSPS) is 16.9. The Hall–Kier alpha value is -2.94. The van der Waals surface area contributed by atoms with E-state index in [0.29, 0.717) is 19.6 Å². The van der Waals surface area contributed by atoms with Gasteiger partial charge in [0.15, 0.2) is 16.8 Å². The topological polar surface area (TPSA) is 70.4 Å². The number of fused-ring (bicyclic) bond motifs is 1. The lowest BCUT2D eigenvalue weighted by atomic mass is 10.2. The summed E-state index contributed by atoms with van der Waals surface area (Å²) in [4.78, 5) is 22.3. The van der Waals surface area contributed by atoms with Crippen LogP contribution < -0.4 is 9.80 Å². The molecule has 1 amide bonds. The molecule has 5 rings (SSSR count). The Balaban J connectivity index is 1.29. The molecule has 0 unspecified atom stereocenters. The van der Waals surface area contributed by atoms with Gasteiger partial charge >= 0.3 is 0 Å². The third kappa shape index (κ3) is 3.11. The molecule has 28 heavy (non-hydrogen) atoms. The van der Waals surface area contributed by atoms with E-state index in [4.69, 9.17) is 4.98 Å². The quantitative estimate of drug-likeness (QED) is 0.627. The average Bonchev–Trinajstić information content (AvgIpc) is 3.41. The molecule has 3 aromatic rings. The lowest BCUT2D eigenvalue weighted by Crippen LogP contribution is -2.46. The number of aromatic nitrogens is 4. The van der Waals surface area contributed by atoms with Crippen LogP contribution in [0.25, 0.3) is 11.5 Å². The fourth-order valence-electron chi connectivity index (χ4n) is 3.76. The molecule has 0 N–H and O–H groups in total. The molecule has 8 nitrogen and oxygen atoms in total. The first-order valence-electron chi connectivity index (χ1n) is 9.44. The van der Waals surface area contributed by atoms with Crippen LogP contribution in [0.1, 0.15) is 5.82 Å². The Labute approximate surface area is 167 Å². The molecular formula is C19H21N7OS. The maximum absolute atomic E-state index is 11.0. The second-order valence-electron chi connectivity index (χ2n) is 6.99. The van der Waals surface area contributed by atoms with Crippen molar-refractivity contribution in [2.75, 3.05) is 42.5 Å². The van der Waals surface area contributed by atoms with E-state index < -0.39 is 0 Å². The van der Waals surface area contributed by atoms with E-state index in [2.05, 4.69) is 60.3 Å². The van der Waals surface area contributed by atoms with Crippen molar-refractivity contribution < 1.29 is 4.79 Å². The van der Waals surface area contributed by atoms with E-state index >= 15 is 0 Å². The molecule has 2 aliphatic heterocycles. The van der Waals surface area contributed by atoms with Gasteiger partial charge in [0, 0.05) is 50.3 Å². The van der Waals surface area contributed by atoms with Crippen LogP contribution in [0, 0.1) is 0 Å². The summed E-state index contributed by atoms with van der Waals surface area (Å²) in [6, 6.07) is 10.6. The summed E-state index contributed by atoms with van der Waals surface area (Å²) in [6.45, 7) is 5.78. The minimum atomic E-state index is 0.509. The molecule has 0 aliphatic carbocycles. The standard InChI is InChI=1S/C19H21N7OS/c27-14-23-6-11-26-17(12-23)21-22-18(26)16-13-28-19(20-16)25-9-7-24(8-10-25)15-4-2-1-3-5-15/h1-5,13-14H,6-12H2. The number of para-hydroxylation sites is 1. The highest BCUT2D eigenvalue weighted by molar-refractivity contribution is 7.14. The van der Waals surface area contributed by atoms with Gasteiger partial charge in [0.25, 0.3) is 0 Å². The van der Waals surface area contributed by atoms with Crippen molar-refractivity contribution in [1.82, 2.24) is 24.6 Å². The Kier molecular flexibility index (Phi) is 4.44. The predicted octanol–water partition coefficient (Wildman–Crippen LogP) is 1.70. The highest BCUT2D eigenvalue weighted by Crippen LogP contribution is 2.29. The van der Waals surface area contributed by atoms with E-state index in [0.717, 1.165) is 55.1 Å². The van der Waals surface area contributed by atoms with Gasteiger partial charge in [0.2, 0.25) is 6.41 Å². The van der Waals surface area contributed by atoms with Crippen LogP contribution in [0.2, 0.25) is 0 Å². The molecule has 2 aromatic heterocycles. The number of nitrogens with zero attached hydrogens (tertiary/aromatic N) is 7. The number of benzene rings is 1. The third-order valence-electron chi connectivity index (χ3n) is 5.32. The highest BCUT2D eigenvalue weighted by atomic mass is 32.1. The van der Waals surface area contributed by atoms with Crippen LogP contribution in [0.15, 0.2) is 35.7 Å². The molecule has 144 valence electrons. The number of carbonyl (C=O) groups excluding carboxylic acids is 1. The van der Waals surface area contributed by atoms with Gasteiger partial charge in [-0.25, -0.2) is 4.98 Å². The molecule has 0 saturated carbocycles. The summed E-state index contributed by atoms with van der Waals surface area (Å²) in [5.41, 5.74) is 2.14. The molecule has 2 aliphatic rings. The SMILES string of the molecule is O=CN1CCn2c(nnc2-c2csc(N3CCN(c4ccccc4)CC3)n2)C1. The highest BCUT2D eigenvalue weighted by Gasteiger charge is 2.24. The van der Waals surface area contributed by atoms with Crippen LogP contribution in [0.5, 0.6) is 0 Å².